The van der Waals surface area contributed by atoms with E-state index in [4.69, 9.17) is 0 Å². The molecule has 1 atom stereocenters. The van der Waals surface area contributed by atoms with Gasteiger partial charge in [-0.1, -0.05) is 30.3 Å². The Kier molecular flexibility index (Phi) is 3.15. The highest BCUT2D eigenvalue weighted by atomic mass is 32.1. The van der Waals surface area contributed by atoms with Crippen LogP contribution in [0.5, 0.6) is 0 Å². The molecule has 0 aliphatic carbocycles. The molecule has 0 saturated carbocycles. The van der Waals surface area contributed by atoms with Gasteiger partial charge in [0.1, 0.15) is 4.70 Å². The molecule has 3 rings (SSSR count). The quantitative estimate of drug-likeness (QED) is 0.795. The second kappa shape index (κ2) is 4.95. The molecule has 0 saturated heterocycles. The van der Waals surface area contributed by atoms with E-state index in [9.17, 15) is 9.90 Å². The van der Waals surface area contributed by atoms with Gasteiger partial charge in [0, 0.05) is 0 Å². The third kappa shape index (κ3) is 2.30. The first-order valence-corrected chi connectivity index (χ1v) is 6.79. The monoisotopic (exact) mass is 272 g/mol. The predicted octanol–water partition coefficient (Wildman–Crippen LogP) is 2.19. The van der Waals surface area contributed by atoms with Crippen molar-refractivity contribution in [2.45, 2.75) is 12.6 Å². The van der Waals surface area contributed by atoms with E-state index < -0.39 is 6.10 Å². The second-order valence-electron chi connectivity index (χ2n) is 4.26. The van der Waals surface area contributed by atoms with Gasteiger partial charge in [-0.05, 0) is 17.0 Å². The molecular formula is C14H12N2O2S. The van der Waals surface area contributed by atoms with Gasteiger partial charge < -0.3 is 5.11 Å². The van der Waals surface area contributed by atoms with Crippen molar-refractivity contribution >= 4 is 21.6 Å². The van der Waals surface area contributed by atoms with Crippen LogP contribution in [0.3, 0.4) is 0 Å². The number of rotatable bonds is 3. The summed E-state index contributed by atoms with van der Waals surface area (Å²) in [5.41, 5.74) is 1.40. The van der Waals surface area contributed by atoms with E-state index in [-0.39, 0.29) is 12.1 Å². The summed E-state index contributed by atoms with van der Waals surface area (Å²) in [7, 11) is 0. The lowest BCUT2D eigenvalue weighted by Gasteiger charge is -2.12. The first kappa shape index (κ1) is 12.1. The average Bonchev–Trinajstić information content (AvgIpc) is 2.92. The molecule has 0 fully saturated rings. The van der Waals surface area contributed by atoms with Gasteiger partial charge in [0.25, 0.3) is 5.56 Å². The van der Waals surface area contributed by atoms with Crippen LogP contribution < -0.4 is 5.56 Å². The molecule has 4 nitrogen and oxygen atoms in total. The van der Waals surface area contributed by atoms with Gasteiger partial charge in [-0.3, -0.25) is 9.36 Å². The molecule has 0 aliphatic heterocycles. The Morgan fingerprint density at radius 3 is 2.84 bits per heavy atom. The molecule has 0 bridgehead atoms. The maximum Gasteiger partial charge on any atom is 0.271 e. The van der Waals surface area contributed by atoms with Crippen molar-refractivity contribution in [2.24, 2.45) is 0 Å². The maximum absolute atomic E-state index is 12.2. The second-order valence-corrected chi connectivity index (χ2v) is 5.18. The molecule has 0 aliphatic rings. The minimum atomic E-state index is -0.710. The average molecular weight is 272 g/mol. The third-order valence-electron chi connectivity index (χ3n) is 2.99. The molecule has 5 heteroatoms. The zero-order valence-corrected chi connectivity index (χ0v) is 10.9. The highest BCUT2D eigenvalue weighted by molar-refractivity contribution is 7.17. The fourth-order valence-corrected chi connectivity index (χ4v) is 2.77. The Morgan fingerprint density at radius 2 is 2.05 bits per heavy atom. The molecule has 0 spiro atoms. The van der Waals surface area contributed by atoms with Crippen LogP contribution in [0.4, 0.5) is 0 Å². The minimum Gasteiger partial charge on any atom is -0.387 e. The standard InChI is InChI=1S/C14H12N2O2S/c17-12(10-4-2-1-3-5-10)8-16-9-15-11-6-7-19-13(11)14(16)18/h1-7,9,12,17H,8H2/t12-/m0/s1. The van der Waals surface area contributed by atoms with Crippen LogP contribution in [0.1, 0.15) is 11.7 Å². The maximum atomic E-state index is 12.2. The molecule has 2 aromatic heterocycles. The molecule has 1 N–H and O–H groups in total. The number of aliphatic hydroxyl groups excluding tert-OH is 1. The van der Waals surface area contributed by atoms with Crippen molar-refractivity contribution in [3.8, 4) is 0 Å². The van der Waals surface area contributed by atoms with Crippen molar-refractivity contribution in [1.82, 2.24) is 9.55 Å². The minimum absolute atomic E-state index is 0.102. The number of benzene rings is 1. The number of aliphatic hydroxyl groups is 1. The number of thiophene rings is 1. The molecule has 3 aromatic rings. The van der Waals surface area contributed by atoms with Gasteiger partial charge in [0.2, 0.25) is 0 Å². The molecule has 0 radical (unpaired) electrons. The van der Waals surface area contributed by atoms with E-state index in [0.717, 1.165) is 5.56 Å². The largest absolute Gasteiger partial charge is 0.387 e. The van der Waals surface area contributed by atoms with Gasteiger partial charge >= 0.3 is 0 Å². The zero-order valence-electron chi connectivity index (χ0n) is 10.1. The Hall–Kier alpha value is -1.98. The van der Waals surface area contributed by atoms with Crippen LogP contribution in [0, 0.1) is 0 Å². The molecule has 0 unspecified atom stereocenters. The topological polar surface area (TPSA) is 55.1 Å². The first-order chi connectivity index (χ1) is 9.25. The summed E-state index contributed by atoms with van der Waals surface area (Å²) >= 11 is 1.37. The SMILES string of the molecule is O=c1c2sccc2ncn1C[C@H](O)c1ccccc1. The van der Waals surface area contributed by atoms with E-state index in [2.05, 4.69) is 4.98 Å². The smallest absolute Gasteiger partial charge is 0.271 e. The summed E-state index contributed by atoms with van der Waals surface area (Å²) in [4.78, 5) is 16.4. The highest BCUT2D eigenvalue weighted by Crippen LogP contribution is 2.16. The van der Waals surface area contributed by atoms with E-state index in [1.807, 2.05) is 41.8 Å². The van der Waals surface area contributed by atoms with Crippen LogP contribution in [-0.4, -0.2) is 14.7 Å². The van der Waals surface area contributed by atoms with E-state index in [1.165, 1.54) is 22.2 Å². The molecule has 19 heavy (non-hydrogen) atoms. The van der Waals surface area contributed by atoms with Gasteiger partial charge in [0.05, 0.1) is 24.5 Å². The summed E-state index contributed by atoms with van der Waals surface area (Å²) < 4.78 is 2.08. The number of hydrogen-bond acceptors (Lipinski definition) is 4. The molecule has 2 heterocycles. The Balaban J connectivity index is 1.93. The molecular weight excluding hydrogens is 260 g/mol. The fourth-order valence-electron chi connectivity index (χ4n) is 1.98. The van der Waals surface area contributed by atoms with Crippen molar-refractivity contribution in [3.05, 3.63) is 64.0 Å². The first-order valence-electron chi connectivity index (χ1n) is 5.91. The van der Waals surface area contributed by atoms with Crippen LogP contribution in [0.25, 0.3) is 10.2 Å². The van der Waals surface area contributed by atoms with Gasteiger partial charge in [-0.25, -0.2) is 4.98 Å². The van der Waals surface area contributed by atoms with Gasteiger partial charge in [0.15, 0.2) is 0 Å². The van der Waals surface area contributed by atoms with Crippen LogP contribution >= 0.6 is 11.3 Å². The van der Waals surface area contributed by atoms with Crippen LogP contribution in [0.2, 0.25) is 0 Å². The summed E-state index contributed by atoms with van der Waals surface area (Å²) in [5.74, 6) is 0. The summed E-state index contributed by atoms with van der Waals surface area (Å²) in [6.45, 7) is 0.212. The Bertz CT molecular complexity index is 749. The Labute approximate surface area is 113 Å². The predicted molar refractivity (Wildman–Crippen MR) is 75.3 cm³/mol. The Morgan fingerprint density at radius 1 is 1.26 bits per heavy atom. The van der Waals surface area contributed by atoms with E-state index in [0.29, 0.717) is 10.2 Å². The summed E-state index contributed by atoms with van der Waals surface area (Å²) in [6.07, 6.45) is 0.780. The number of hydrogen-bond donors (Lipinski definition) is 1. The van der Waals surface area contributed by atoms with E-state index in [1.54, 1.807) is 0 Å². The normalized spacial score (nSPS) is 12.7. The zero-order chi connectivity index (χ0) is 13.2. The van der Waals surface area contributed by atoms with Crippen LogP contribution in [-0.2, 0) is 6.54 Å². The van der Waals surface area contributed by atoms with Gasteiger partial charge in [-0.2, -0.15) is 0 Å². The number of aromatic nitrogens is 2. The lowest BCUT2D eigenvalue weighted by atomic mass is 10.1. The lowest BCUT2D eigenvalue weighted by molar-refractivity contribution is 0.155. The molecule has 1 aromatic carbocycles. The fraction of sp³-hybridized carbons (Fsp3) is 0.143. The number of fused-ring (bicyclic) bond motifs is 1. The molecule has 0 amide bonds. The van der Waals surface area contributed by atoms with Gasteiger partial charge in [-0.15, -0.1) is 11.3 Å². The summed E-state index contributed by atoms with van der Waals surface area (Å²) in [5, 5.41) is 12.0. The van der Waals surface area contributed by atoms with Crippen molar-refractivity contribution in [2.75, 3.05) is 0 Å². The van der Waals surface area contributed by atoms with Crippen molar-refractivity contribution in [1.29, 1.82) is 0 Å². The van der Waals surface area contributed by atoms with E-state index >= 15 is 0 Å². The van der Waals surface area contributed by atoms with Crippen molar-refractivity contribution < 1.29 is 5.11 Å². The van der Waals surface area contributed by atoms with Crippen molar-refractivity contribution in [3.63, 3.8) is 0 Å². The number of nitrogens with zero attached hydrogens (tertiary/aromatic N) is 2. The molecule has 96 valence electrons. The summed E-state index contributed by atoms with van der Waals surface area (Å²) in [6, 6.07) is 11.1. The third-order valence-corrected chi connectivity index (χ3v) is 3.88. The van der Waals surface area contributed by atoms with Crippen LogP contribution in [0.15, 0.2) is 52.9 Å². The lowest BCUT2D eigenvalue weighted by Crippen LogP contribution is -2.23. The highest BCUT2D eigenvalue weighted by Gasteiger charge is 2.11.